The van der Waals surface area contributed by atoms with E-state index in [9.17, 15) is 0 Å². The predicted octanol–water partition coefficient (Wildman–Crippen LogP) is -0.922. The summed E-state index contributed by atoms with van der Waals surface area (Å²) in [5.41, 5.74) is 2.48. The molecule has 0 saturated carbocycles. The normalized spacial score (nSPS) is 11.5. The molecule has 0 atom stereocenters. The van der Waals surface area contributed by atoms with Crippen molar-refractivity contribution in [3.8, 4) is 0 Å². The summed E-state index contributed by atoms with van der Waals surface area (Å²) in [5, 5.41) is 3.00. The van der Waals surface area contributed by atoms with E-state index in [1.54, 1.807) is 14.2 Å². The number of hydrogen-bond acceptors (Lipinski definition) is 4. The molecule has 0 bridgehead atoms. The molecule has 84 valence electrons. The van der Waals surface area contributed by atoms with Crippen molar-refractivity contribution < 1.29 is 9.47 Å². The number of nitrogens with one attached hydrogen (secondary N) is 2. The SMILES string of the molecule is COCCCN=C(NN)NCCOC. The zero-order valence-electron chi connectivity index (χ0n) is 8.88. The highest BCUT2D eigenvalue weighted by Gasteiger charge is 1.93. The molecule has 0 rings (SSSR count). The minimum atomic E-state index is 0.582. The van der Waals surface area contributed by atoms with Crippen LogP contribution in [0.4, 0.5) is 0 Å². The number of guanidine groups is 1. The standard InChI is InChI=1S/C8H20N4O2/c1-13-6-3-4-10-8(12-9)11-5-7-14-2/h3-7,9H2,1-2H3,(H2,10,11,12). The molecule has 0 aliphatic heterocycles. The molecular weight excluding hydrogens is 184 g/mol. The Hall–Kier alpha value is -0.850. The molecule has 0 aliphatic carbocycles. The number of rotatable bonds is 7. The average molecular weight is 204 g/mol. The lowest BCUT2D eigenvalue weighted by atomic mass is 10.5. The van der Waals surface area contributed by atoms with E-state index in [2.05, 4.69) is 15.7 Å². The molecule has 0 aromatic carbocycles. The van der Waals surface area contributed by atoms with Gasteiger partial charge in [0.25, 0.3) is 0 Å². The van der Waals surface area contributed by atoms with Gasteiger partial charge in [0.2, 0.25) is 5.96 Å². The third-order valence-corrected chi connectivity index (χ3v) is 1.51. The molecule has 0 fully saturated rings. The highest BCUT2D eigenvalue weighted by molar-refractivity contribution is 5.79. The van der Waals surface area contributed by atoms with Crippen LogP contribution >= 0.6 is 0 Å². The lowest BCUT2D eigenvalue weighted by molar-refractivity contribution is 0.196. The molecule has 0 saturated heterocycles. The van der Waals surface area contributed by atoms with Gasteiger partial charge in [0.05, 0.1) is 6.61 Å². The van der Waals surface area contributed by atoms with Gasteiger partial charge in [-0.25, -0.2) is 5.84 Å². The van der Waals surface area contributed by atoms with Crippen LogP contribution in [-0.4, -0.2) is 46.5 Å². The van der Waals surface area contributed by atoms with Gasteiger partial charge < -0.3 is 14.8 Å². The van der Waals surface area contributed by atoms with Crippen molar-refractivity contribution in [2.24, 2.45) is 10.8 Å². The Bertz CT molecular complexity index is 152. The molecule has 0 unspecified atom stereocenters. The summed E-state index contributed by atoms with van der Waals surface area (Å²) in [5.74, 6) is 5.84. The Morgan fingerprint density at radius 3 is 2.57 bits per heavy atom. The van der Waals surface area contributed by atoms with Crippen molar-refractivity contribution in [2.75, 3.05) is 40.5 Å². The highest BCUT2D eigenvalue weighted by atomic mass is 16.5. The molecule has 0 aromatic rings. The molecule has 4 N–H and O–H groups in total. The van der Waals surface area contributed by atoms with Gasteiger partial charge in [-0.05, 0) is 6.42 Å². The second-order valence-corrected chi connectivity index (χ2v) is 2.64. The maximum absolute atomic E-state index is 5.25. The zero-order valence-corrected chi connectivity index (χ0v) is 8.88. The van der Waals surface area contributed by atoms with Gasteiger partial charge in [-0.3, -0.25) is 10.4 Å². The Kier molecular flexibility index (Phi) is 9.61. The molecule has 0 aliphatic rings. The maximum atomic E-state index is 5.25. The molecule has 0 spiro atoms. The van der Waals surface area contributed by atoms with Crippen LogP contribution in [0.25, 0.3) is 0 Å². The Balaban J connectivity index is 3.53. The molecule has 6 heteroatoms. The topological polar surface area (TPSA) is 80.9 Å². The molecule has 14 heavy (non-hydrogen) atoms. The summed E-state index contributed by atoms with van der Waals surface area (Å²) in [4.78, 5) is 4.19. The van der Waals surface area contributed by atoms with Gasteiger partial charge in [-0.2, -0.15) is 0 Å². The van der Waals surface area contributed by atoms with E-state index in [1.165, 1.54) is 0 Å². The summed E-state index contributed by atoms with van der Waals surface area (Å²) in [6.45, 7) is 2.70. The summed E-state index contributed by atoms with van der Waals surface area (Å²) in [7, 11) is 3.32. The van der Waals surface area contributed by atoms with Crippen LogP contribution < -0.4 is 16.6 Å². The van der Waals surface area contributed by atoms with Crippen LogP contribution in [0.2, 0.25) is 0 Å². The maximum Gasteiger partial charge on any atom is 0.205 e. The van der Waals surface area contributed by atoms with Crippen molar-refractivity contribution in [3.63, 3.8) is 0 Å². The number of aliphatic imine (C=N–C) groups is 1. The third kappa shape index (κ3) is 7.78. The monoisotopic (exact) mass is 204 g/mol. The number of methoxy groups -OCH3 is 2. The first-order valence-corrected chi connectivity index (χ1v) is 4.58. The average Bonchev–Trinajstić information content (AvgIpc) is 2.22. The van der Waals surface area contributed by atoms with E-state index in [4.69, 9.17) is 15.3 Å². The van der Waals surface area contributed by atoms with E-state index in [1.807, 2.05) is 0 Å². The van der Waals surface area contributed by atoms with Gasteiger partial charge in [0.1, 0.15) is 0 Å². The van der Waals surface area contributed by atoms with Crippen LogP contribution in [0.5, 0.6) is 0 Å². The number of hydrazine groups is 1. The van der Waals surface area contributed by atoms with E-state index in [0.717, 1.165) is 6.42 Å². The molecule has 0 radical (unpaired) electrons. The second kappa shape index (κ2) is 10.2. The molecule has 0 amide bonds. The van der Waals surface area contributed by atoms with E-state index < -0.39 is 0 Å². The Labute approximate surface area is 84.8 Å². The van der Waals surface area contributed by atoms with E-state index >= 15 is 0 Å². The lowest BCUT2D eigenvalue weighted by Crippen LogP contribution is -2.42. The molecule has 0 heterocycles. The van der Waals surface area contributed by atoms with Crippen molar-refractivity contribution in [1.82, 2.24) is 10.7 Å². The number of hydrogen-bond donors (Lipinski definition) is 3. The van der Waals surface area contributed by atoms with Crippen molar-refractivity contribution in [3.05, 3.63) is 0 Å². The third-order valence-electron chi connectivity index (χ3n) is 1.51. The molecule has 6 nitrogen and oxygen atoms in total. The number of ether oxygens (including phenoxy) is 2. The lowest BCUT2D eigenvalue weighted by Gasteiger charge is -2.08. The minimum Gasteiger partial charge on any atom is -0.385 e. The zero-order chi connectivity index (χ0) is 10.6. The van der Waals surface area contributed by atoms with Crippen LogP contribution in [-0.2, 0) is 9.47 Å². The first kappa shape index (κ1) is 13.2. The highest BCUT2D eigenvalue weighted by Crippen LogP contribution is 1.81. The largest absolute Gasteiger partial charge is 0.385 e. The van der Waals surface area contributed by atoms with Gasteiger partial charge in [0, 0.05) is 33.9 Å². The van der Waals surface area contributed by atoms with Crippen molar-refractivity contribution in [2.45, 2.75) is 6.42 Å². The number of nitrogens with two attached hydrogens (primary N) is 1. The second-order valence-electron chi connectivity index (χ2n) is 2.64. The predicted molar refractivity (Wildman–Crippen MR) is 56.0 cm³/mol. The fourth-order valence-corrected chi connectivity index (χ4v) is 0.824. The molecular formula is C8H20N4O2. The Morgan fingerprint density at radius 2 is 2.00 bits per heavy atom. The van der Waals surface area contributed by atoms with Gasteiger partial charge in [-0.15, -0.1) is 0 Å². The Morgan fingerprint density at radius 1 is 1.29 bits per heavy atom. The smallest absolute Gasteiger partial charge is 0.205 e. The summed E-state index contributed by atoms with van der Waals surface area (Å²) in [6.07, 6.45) is 0.883. The van der Waals surface area contributed by atoms with Crippen LogP contribution in [0.3, 0.4) is 0 Å². The van der Waals surface area contributed by atoms with Crippen molar-refractivity contribution in [1.29, 1.82) is 0 Å². The van der Waals surface area contributed by atoms with E-state index in [-0.39, 0.29) is 0 Å². The van der Waals surface area contributed by atoms with Crippen LogP contribution in [0, 0.1) is 0 Å². The van der Waals surface area contributed by atoms with Gasteiger partial charge >= 0.3 is 0 Å². The van der Waals surface area contributed by atoms with Crippen LogP contribution in [0.1, 0.15) is 6.42 Å². The van der Waals surface area contributed by atoms with E-state index in [0.29, 0.717) is 32.3 Å². The molecule has 0 aromatic heterocycles. The van der Waals surface area contributed by atoms with Crippen LogP contribution in [0.15, 0.2) is 4.99 Å². The summed E-state index contributed by atoms with van der Waals surface area (Å²) in [6, 6.07) is 0. The first-order chi connectivity index (χ1) is 6.85. The van der Waals surface area contributed by atoms with Crippen molar-refractivity contribution >= 4 is 5.96 Å². The quantitative estimate of drug-likeness (QED) is 0.164. The fraction of sp³-hybridized carbons (Fsp3) is 0.875. The first-order valence-electron chi connectivity index (χ1n) is 4.58. The number of nitrogens with zero attached hydrogens (tertiary/aromatic N) is 1. The fourth-order valence-electron chi connectivity index (χ4n) is 0.824. The summed E-state index contributed by atoms with van der Waals surface area (Å²) < 4.78 is 9.77. The van der Waals surface area contributed by atoms with Gasteiger partial charge in [-0.1, -0.05) is 0 Å². The summed E-state index contributed by atoms with van der Waals surface area (Å²) >= 11 is 0. The minimum absolute atomic E-state index is 0.582. The van der Waals surface area contributed by atoms with Gasteiger partial charge in [0.15, 0.2) is 0 Å².